The van der Waals surface area contributed by atoms with Crippen molar-refractivity contribution in [1.82, 2.24) is 14.5 Å². The molecule has 0 saturated carbocycles. The minimum Gasteiger partial charge on any atom is -0.493 e. The number of rotatable bonds is 6. The predicted molar refractivity (Wildman–Crippen MR) is 103 cm³/mol. The molecule has 0 bridgehead atoms. The number of carbonyl (C=O) groups excluding carboxylic acids is 1. The molecule has 0 unspecified atom stereocenters. The van der Waals surface area contributed by atoms with Crippen LogP contribution < -0.4 is 4.74 Å². The lowest BCUT2D eigenvalue weighted by molar-refractivity contribution is 0.0698. The third kappa shape index (κ3) is 3.92. The number of piperidine rings is 1. The number of para-hydroxylation sites is 1. The zero-order chi connectivity index (χ0) is 18.5. The first kappa shape index (κ1) is 18.5. The summed E-state index contributed by atoms with van der Waals surface area (Å²) in [5.74, 6) is 2.12. The van der Waals surface area contributed by atoms with E-state index in [4.69, 9.17) is 4.74 Å². The van der Waals surface area contributed by atoms with E-state index in [1.165, 1.54) is 0 Å². The first-order valence-electron chi connectivity index (χ1n) is 9.65. The highest BCUT2D eigenvalue weighted by Gasteiger charge is 2.29. The Morgan fingerprint density at radius 1 is 1.35 bits per heavy atom. The van der Waals surface area contributed by atoms with Crippen LogP contribution in [0.15, 0.2) is 36.7 Å². The largest absolute Gasteiger partial charge is 0.493 e. The van der Waals surface area contributed by atoms with Gasteiger partial charge in [0.05, 0.1) is 12.2 Å². The number of ether oxygens (including phenoxy) is 1. The molecule has 0 spiro atoms. The van der Waals surface area contributed by atoms with Crippen LogP contribution in [0.4, 0.5) is 0 Å². The average Bonchev–Trinajstić information content (AvgIpc) is 3.16. The van der Waals surface area contributed by atoms with Gasteiger partial charge in [-0.25, -0.2) is 4.98 Å². The molecular weight excluding hydrogens is 326 g/mol. The van der Waals surface area contributed by atoms with Crippen molar-refractivity contribution in [2.45, 2.75) is 52.0 Å². The van der Waals surface area contributed by atoms with Gasteiger partial charge in [0.1, 0.15) is 11.6 Å². The highest BCUT2D eigenvalue weighted by atomic mass is 16.5. The molecule has 1 aromatic carbocycles. The molecule has 1 fully saturated rings. The van der Waals surface area contributed by atoms with Crippen molar-refractivity contribution < 1.29 is 9.53 Å². The van der Waals surface area contributed by atoms with Crippen LogP contribution in [0.2, 0.25) is 0 Å². The number of likely N-dealkylation sites (tertiary alicyclic amines) is 1. The number of aromatic nitrogens is 2. The van der Waals surface area contributed by atoms with Gasteiger partial charge in [-0.05, 0) is 45.2 Å². The normalized spacial score (nSPS) is 17.5. The molecular formula is C21H29N3O2. The van der Waals surface area contributed by atoms with Crippen molar-refractivity contribution in [3.05, 3.63) is 48.0 Å². The number of amides is 1. The van der Waals surface area contributed by atoms with E-state index in [9.17, 15) is 4.79 Å². The lowest BCUT2D eigenvalue weighted by atomic mass is 9.96. The second-order valence-corrected chi connectivity index (χ2v) is 7.22. The van der Waals surface area contributed by atoms with Gasteiger partial charge in [0, 0.05) is 37.4 Å². The molecule has 1 amide bonds. The van der Waals surface area contributed by atoms with Crippen LogP contribution in [0, 0.1) is 0 Å². The van der Waals surface area contributed by atoms with Crippen molar-refractivity contribution in [3.63, 3.8) is 0 Å². The average molecular weight is 355 g/mol. The number of nitrogens with zero attached hydrogens (tertiary/aromatic N) is 3. The fraction of sp³-hybridized carbons (Fsp3) is 0.524. The van der Waals surface area contributed by atoms with Crippen LogP contribution in [0.3, 0.4) is 0 Å². The molecule has 0 radical (unpaired) electrons. The summed E-state index contributed by atoms with van der Waals surface area (Å²) in [7, 11) is 0. The minimum atomic E-state index is 0.0593. The van der Waals surface area contributed by atoms with Gasteiger partial charge < -0.3 is 14.2 Å². The zero-order valence-corrected chi connectivity index (χ0v) is 16.0. The molecule has 0 aliphatic carbocycles. The lowest BCUT2D eigenvalue weighted by Gasteiger charge is -2.33. The summed E-state index contributed by atoms with van der Waals surface area (Å²) in [6.45, 7) is 8.52. The number of carbonyl (C=O) groups is 1. The predicted octanol–water partition coefficient (Wildman–Crippen LogP) is 4.27. The van der Waals surface area contributed by atoms with Crippen molar-refractivity contribution in [1.29, 1.82) is 0 Å². The number of imidazole rings is 1. The molecule has 2 heterocycles. The quantitative estimate of drug-likeness (QED) is 0.777. The van der Waals surface area contributed by atoms with E-state index in [-0.39, 0.29) is 11.8 Å². The van der Waals surface area contributed by atoms with Crippen LogP contribution >= 0.6 is 0 Å². The summed E-state index contributed by atoms with van der Waals surface area (Å²) in [6.07, 6.45) is 6.89. The first-order valence-corrected chi connectivity index (χ1v) is 9.65. The molecule has 1 saturated heterocycles. The molecule has 1 aromatic heterocycles. The molecule has 2 aromatic rings. The molecule has 5 nitrogen and oxygen atoms in total. The fourth-order valence-corrected chi connectivity index (χ4v) is 3.60. The molecule has 1 atom stereocenters. The third-order valence-corrected chi connectivity index (χ3v) is 4.91. The molecule has 0 N–H and O–H groups in total. The Morgan fingerprint density at radius 2 is 2.15 bits per heavy atom. The van der Waals surface area contributed by atoms with Gasteiger partial charge in [0.25, 0.3) is 5.91 Å². The summed E-state index contributed by atoms with van der Waals surface area (Å²) in [5.41, 5.74) is 0.661. The molecule has 1 aliphatic rings. The maximum absolute atomic E-state index is 13.1. The van der Waals surface area contributed by atoms with Crippen LogP contribution in [-0.2, 0) is 0 Å². The van der Waals surface area contributed by atoms with E-state index < -0.39 is 0 Å². The third-order valence-electron chi connectivity index (χ3n) is 4.91. The maximum Gasteiger partial charge on any atom is 0.257 e. The highest BCUT2D eigenvalue weighted by molar-refractivity contribution is 5.97. The van der Waals surface area contributed by atoms with Gasteiger partial charge in [-0.2, -0.15) is 0 Å². The first-order chi connectivity index (χ1) is 12.6. The molecule has 5 heteroatoms. The van der Waals surface area contributed by atoms with E-state index in [2.05, 4.69) is 30.3 Å². The van der Waals surface area contributed by atoms with Crippen molar-refractivity contribution in [2.75, 3.05) is 19.7 Å². The number of benzene rings is 1. The van der Waals surface area contributed by atoms with E-state index in [0.29, 0.717) is 30.5 Å². The highest BCUT2D eigenvalue weighted by Crippen LogP contribution is 2.29. The van der Waals surface area contributed by atoms with Gasteiger partial charge in [-0.1, -0.05) is 19.1 Å². The lowest BCUT2D eigenvalue weighted by Crippen LogP contribution is -2.40. The SMILES string of the molecule is CCCOc1ccccc1C(=O)N1CCC[C@H](c2nccn2C(C)C)C1. The van der Waals surface area contributed by atoms with Gasteiger partial charge in [-0.3, -0.25) is 4.79 Å². The second-order valence-electron chi connectivity index (χ2n) is 7.22. The summed E-state index contributed by atoms with van der Waals surface area (Å²) < 4.78 is 8.00. The van der Waals surface area contributed by atoms with Gasteiger partial charge in [0.15, 0.2) is 0 Å². The van der Waals surface area contributed by atoms with E-state index in [1.54, 1.807) is 0 Å². The van der Waals surface area contributed by atoms with E-state index in [0.717, 1.165) is 31.6 Å². The maximum atomic E-state index is 13.1. The Balaban J connectivity index is 1.77. The van der Waals surface area contributed by atoms with Crippen LogP contribution in [0.25, 0.3) is 0 Å². The summed E-state index contributed by atoms with van der Waals surface area (Å²) >= 11 is 0. The Kier molecular flexibility index (Phi) is 5.96. The Labute approximate surface area is 156 Å². The van der Waals surface area contributed by atoms with Crippen LogP contribution in [0.1, 0.15) is 68.2 Å². The zero-order valence-electron chi connectivity index (χ0n) is 16.0. The molecule has 140 valence electrons. The number of hydrogen-bond acceptors (Lipinski definition) is 3. The topological polar surface area (TPSA) is 47.4 Å². The molecule has 26 heavy (non-hydrogen) atoms. The molecule has 1 aliphatic heterocycles. The standard InChI is InChI=1S/C21H29N3O2/c1-4-14-26-19-10-6-5-9-18(19)21(25)23-12-7-8-17(15-23)20-22-11-13-24(20)16(2)3/h5-6,9-11,13,16-17H,4,7-8,12,14-15H2,1-3H3/t17-/m0/s1. The van der Waals surface area contributed by atoms with Crippen LogP contribution in [-0.4, -0.2) is 40.1 Å². The van der Waals surface area contributed by atoms with Gasteiger partial charge in [0.2, 0.25) is 0 Å². The van der Waals surface area contributed by atoms with Gasteiger partial charge in [-0.15, -0.1) is 0 Å². The van der Waals surface area contributed by atoms with Crippen molar-refractivity contribution >= 4 is 5.91 Å². The second kappa shape index (κ2) is 8.39. The Bertz CT molecular complexity index is 738. The van der Waals surface area contributed by atoms with Crippen molar-refractivity contribution in [3.8, 4) is 5.75 Å². The Hall–Kier alpha value is -2.30. The summed E-state index contributed by atoms with van der Waals surface area (Å²) in [5, 5.41) is 0. The van der Waals surface area contributed by atoms with E-state index in [1.807, 2.05) is 41.6 Å². The molecule has 3 rings (SSSR count). The summed E-state index contributed by atoms with van der Waals surface area (Å²) in [6, 6.07) is 7.95. The van der Waals surface area contributed by atoms with Gasteiger partial charge >= 0.3 is 0 Å². The smallest absolute Gasteiger partial charge is 0.257 e. The number of hydrogen-bond donors (Lipinski definition) is 0. The fourth-order valence-electron chi connectivity index (χ4n) is 3.60. The van der Waals surface area contributed by atoms with E-state index >= 15 is 0 Å². The summed E-state index contributed by atoms with van der Waals surface area (Å²) in [4.78, 5) is 19.7. The van der Waals surface area contributed by atoms with Crippen LogP contribution in [0.5, 0.6) is 5.75 Å². The van der Waals surface area contributed by atoms with Crippen molar-refractivity contribution in [2.24, 2.45) is 0 Å². The minimum absolute atomic E-state index is 0.0593. The Morgan fingerprint density at radius 3 is 2.92 bits per heavy atom. The monoisotopic (exact) mass is 355 g/mol.